The van der Waals surface area contributed by atoms with E-state index in [4.69, 9.17) is 4.74 Å². The number of morpholine rings is 1. The van der Waals surface area contributed by atoms with Gasteiger partial charge in [0, 0.05) is 38.6 Å². The Morgan fingerprint density at radius 3 is 2.51 bits per heavy atom. The first-order valence-corrected chi connectivity index (χ1v) is 12.4. The molecule has 0 bridgehead atoms. The molecular weight excluding hydrogens is 516 g/mol. The van der Waals surface area contributed by atoms with Crippen LogP contribution in [0.2, 0.25) is 0 Å². The lowest BCUT2D eigenvalue weighted by atomic mass is 10.0. The van der Waals surface area contributed by atoms with Gasteiger partial charge in [0.1, 0.15) is 6.21 Å². The fourth-order valence-electron chi connectivity index (χ4n) is 4.01. The summed E-state index contributed by atoms with van der Waals surface area (Å²) in [6.07, 6.45) is -0.276. The summed E-state index contributed by atoms with van der Waals surface area (Å²) in [4.78, 5) is 16.1. The van der Waals surface area contributed by atoms with E-state index >= 15 is 0 Å². The van der Waals surface area contributed by atoms with E-state index < -0.39 is 17.6 Å². The van der Waals surface area contributed by atoms with Gasteiger partial charge in [0.2, 0.25) is 0 Å². The molecule has 0 aliphatic carbocycles. The van der Waals surface area contributed by atoms with E-state index in [-0.39, 0.29) is 17.7 Å². The molecule has 0 unspecified atom stereocenters. The number of pyridine rings is 1. The molecule has 0 saturated carbocycles. The number of hydrogen-bond acceptors (Lipinski definition) is 8. The van der Waals surface area contributed by atoms with Gasteiger partial charge in [-0.3, -0.25) is 4.98 Å². The van der Waals surface area contributed by atoms with Crippen LogP contribution in [0.5, 0.6) is 0 Å². The minimum Gasteiger partial charge on any atom is -0.378 e. The van der Waals surface area contributed by atoms with Crippen molar-refractivity contribution < 1.29 is 27.7 Å². The molecule has 9 nitrogen and oxygen atoms in total. The second-order valence-corrected chi connectivity index (χ2v) is 9.54. The molecule has 1 aromatic carbocycles. The smallest absolute Gasteiger partial charge is 0.378 e. The summed E-state index contributed by atoms with van der Waals surface area (Å²) in [5, 5.41) is 7.36. The summed E-state index contributed by atoms with van der Waals surface area (Å²) in [5.74, 6) is -0.0136. The maximum absolute atomic E-state index is 14.3. The Bertz CT molecular complexity index is 1320. The third-order valence-corrected chi connectivity index (χ3v) is 6.07. The molecule has 3 aromatic rings. The number of nitrogens with zero attached hydrogens (tertiary/aromatic N) is 6. The van der Waals surface area contributed by atoms with Crippen LogP contribution in [0, 0.1) is 5.82 Å². The quantitative estimate of drug-likeness (QED) is 0.190. The predicted octanol–water partition coefficient (Wildman–Crippen LogP) is 4.03. The van der Waals surface area contributed by atoms with E-state index in [2.05, 4.69) is 25.4 Å². The van der Waals surface area contributed by atoms with Gasteiger partial charge < -0.3 is 19.9 Å². The lowest BCUT2D eigenvalue weighted by Crippen LogP contribution is -2.72. The molecule has 208 valence electrons. The highest BCUT2D eigenvalue weighted by Gasteiger charge is 2.31. The molecule has 13 heteroatoms. The fraction of sp³-hybridized carbons (Fsp3) is 0.385. The third-order valence-electron chi connectivity index (χ3n) is 6.07. The van der Waals surface area contributed by atoms with Gasteiger partial charge in [0.05, 0.1) is 42.6 Å². The van der Waals surface area contributed by atoms with Crippen LogP contribution in [0.1, 0.15) is 36.6 Å². The van der Waals surface area contributed by atoms with Crippen LogP contribution in [0.3, 0.4) is 0 Å². The second-order valence-electron chi connectivity index (χ2n) is 9.54. The number of hydrogen-bond donors (Lipinski definition) is 2. The molecule has 1 saturated heterocycles. The molecule has 0 amide bonds. The first-order valence-electron chi connectivity index (χ1n) is 12.4. The highest BCUT2D eigenvalue weighted by atomic mass is 19.4. The van der Waals surface area contributed by atoms with Crippen molar-refractivity contribution in [2.45, 2.75) is 25.9 Å². The minimum atomic E-state index is -4.48. The number of halogens is 4. The largest absolute Gasteiger partial charge is 0.416 e. The molecular formula is C26H31F4N8O+. The molecule has 1 aliphatic heterocycles. The van der Waals surface area contributed by atoms with Gasteiger partial charge in [-0.1, -0.05) is 18.9 Å². The Hall–Kier alpha value is -3.84. The number of nitrogens with two attached hydrogens (primary N) is 1. The first kappa shape index (κ1) is 28.2. The van der Waals surface area contributed by atoms with Gasteiger partial charge in [0.15, 0.2) is 11.6 Å². The highest BCUT2D eigenvalue weighted by molar-refractivity contribution is 5.78. The number of ether oxygens (including phenoxy) is 1. The molecule has 2 aromatic heterocycles. The van der Waals surface area contributed by atoms with E-state index in [1.165, 1.54) is 11.6 Å². The van der Waals surface area contributed by atoms with E-state index in [9.17, 15) is 17.6 Å². The standard InChI is InChI=1S/C26H30F4N8O/c1-16(2)21-12-19(13-33-36-25-32-14-22(27)24(35-25)38-5-7-39-8-6-38)31-15-23(21)34-18-9-17(26(28,29)30)10-20(11-18)37(3)4/h9-16,34H,5-8H2,1-4H3,(H,32,35,36)/p+1/b33-13+. The van der Waals surface area contributed by atoms with Crippen molar-refractivity contribution in [3.8, 4) is 0 Å². The Kier molecular flexibility index (Phi) is 8.60. The first-order chi connectivity index (χ1) is 18.5. The summed E-state index contributed by atoms with van der Waals surface area (Å²) >= 11 is 0. The molecule has 3 N–H and O–H groups in total. The normalized spacial score (nSPS) is 14.3. The van der Waals surface area contributed by atoms with Crippen LogP contribution in [-0.2, 0) is 10.9 Å². The zero-order valence-electron chi connectivity index (χ0n) is 22.1. The van der Waals surface area contributed by atoms with Crippen LogP contribution in [-0.4, -0.2) is 61.6 Å². The lowest BCUT2D eigenvalue weighted by molar-refractivity contribution is -0.584. The molecule has 39 heavy (non-hydrogen) atoms. The average molecular weight is 548 g/mol. The number of quaternary nitrogens is 1. The predicted molar refractivity (Wildman–Crippen MR) is 142 cm³/mol. The number of benzene rings is 1. The van der Waals surface area contributed by atoms with Gasteiger partial charge in [-0.25, -0.2) is 4.39 Å². The van der Waals surface area contributed by atoms with Crippen molar-refractivity contribution in [1.82, 2.24) is 15.0 Å². The number of alkyl halides is 3. The minimum absolute atomic E-state index is 0.0438. The Labute approximate surface area is 223 Å². The molecule has 0 atom stereocenters. The average Bonchev–Trinajstić information content (AvgIpc) is 2.90. The summed E-state index contributed by atoms with van der Waals surface area (Å²) in [6, 6.07) is 5.65. The SMILES string of the molecule is CC(C)c1cc(/C=N/[NH2+]c2ncc(F)c(N3CCOCC3)n2)ncc1Nc1cc(N(C)C)cc(C(F)(F)F)c1. The third kappa shape index (κ3) is 7.18. The van der Waals surface area contributed by atoms with Crippen LogP contribution in [0.15, 0.2) is 41.8 Å². The number of aromatic nitrogens is 3. The summed E-state index contributed by atoms with van der Waals surface area (Å²) < 4.78 is 60.0. The van der Waals surface area contributed by atoms with E-state index in [1.807, 2.05) is 19.9 Å². The summed E-state index contributed by atoms with van der Waals surface area (Å²) in [6.45, 7) is 6.03. The van der Waals surface area contributed by atoms with Crippen molar-refractivity contribution in [1.29, 1.82) is 0 Å². The van der Waals surface area contributed by atoms with Crippen LogP contribution in [0.4, 0.5) is 46.4 Å². The van der Waals surface area contributed by atoms with Crippen molar-refractivity contribution in [2.24, 2.45) is 5.10 Å². The van der Waals surface area contributed by atoms with Crippen molar-refractivity contribution >= 4 is 35.0 Å². The van der Waals surface area contributed by atoms with Crippen molar-refractivity contribution in [2.75, 3.05) is 55.5 Å². The highest BCUT2D eigenvalue weighted by Crippen LogP contribution is 2.36. The topological polar surface area (TPSA) is 95.4 Å². The molecule has 1 aliphatic rings. The second kappa shape index (κ2) is 11.9. The van der Waals surface area contributed by atoms with Gasteiger partial charge >= 0.3 is 12.1 Å². The zero-order valence-corrected chi connectivity index (χ0v) is 22.1. The number of nitrogens with one attached hydrogen (secondary N) is 1. The summed E-state index contributed by atoms with van der Waals surface area (Å²) in [7, 11) is 3.37. The molecule has 0 radical (unpaired) electrons. The van der Waals surface area contributed by atoms with Gasteiger partial charge in [-0.2, -0.15) is 28.6 Å². The molecule has 3 heterocycles. The maximum atomic E-state index is 14.3. The lowest BCUT2D eigenvalue weighted by Gasteiger charge is -2.27. The molecule has 0 spiro atoms. The van der Waals surface area contributed by atoms with E-state index in [1.54, 1.807) is 36.2 Å². The summed E-state index contributed by atoms with van der Waals surface area (Å²) in [5.41, 5.74) is 3.37. The Morgan fingerprint density at radius 1 is 1.10 bits per heavy atom. The van der Waals surface area contributed by atoms with Crippen LogP contribution >= 0.6 is 0 Å². The maximum Gasteiger partial charge on any atom is 0.416 e. The van der Waals surface area contributed by atoms with E-state index in [0.717, 1.165) is 23.9 Å². The van der Waals surface area contributed by atoms with Crippen LogP contribution in [0.25, 0.3) is 0 Å². The van der Waals surface area contributed by atoms with Crippen molar-refractivity contribution in [3.63, 3.8) is 0 Å². The zero-order chi connectivity index (χ0) is 28.2. The van der Waals surface area contributed by atoms with Gasteiger partial charge in [-0.05, 0) is 35.7 Å². The van der Waals surface area contributed by atoms with Crippen molar-refractivity contribution in [3.05, 3.63) is 59.3 Å². The fourth-order valence-corrected chi connectivity index (χ4v) is 4.01. The van der Waals surface area contributed by atoms with Gasteiger partial charge in [-0.15, -0.1) is 0 Å². The molecule has 1 fully saturated rings. The number of anilines is 4. The Balaban J connectivity index is 1.53. The monoisotopic (exact) mass is 547 g/mol. The molecule has 4 rings (SSSR count). The Morgan fingerprint density at radius 2 is 1.85 bits per heavy atom. The van der Waals surface area contributed by atoms with E-state index in [0.29, 0.717) is 49.1 Å². The van der Waals surface area contributed by atoms with Crippen LogP contribution < -0.4 is 20.5 Å². The van der Waals surface area contributed by atoms with Gasteiger partial charge in [0.25, 0.3) is 0 Å². The number of rotatable bonds is 8.